The van der Waals surface area contributed by atoms with Crippen LogP contribution in [0.4, 0.5) is 0 Å². The molecule has 1 aromatic rings. The highest BCUT2D eigenvalue weighted by molar-refractivity contribution is 5.89. The fraction of sp³-hybridized carbons (Fsp3) is 0.583. The van der Waals surface area contributed by atoms with E-state index in [0.717, 1.165) is 18.6 Å². The van der Waals surface area contributed by atoms with E-state index in [0.29, 0.717) is 17.7 Å². The van der Waals surface area contributed by atoms with Gasteiger partial charge in [0.1, 0.15) is 17.1 Å². The van der Waals surface area contributed by atoms with Crippen LogP contribution in [0.3, 0.4) is 0 Å². The third kappa shape index (κ3) is 2.61. The Morgan fingerprint density at radius 1 is 1.53 bits per heavy atom. The van der Waals surface area contributed by atoms with Crippen LogP contribution in [-0.4, -0.2) is 11.1 Å². The molecule has 1 rings (SSSR count). The van der Waals surface area contributed by atoms with E-state index in [9.17, 15) is 4.79 Å². The lowest BCUT2D eigenvalue weighted by Gasteiger charge is -2.02. The van der Waals surface area contributed by atoms with E-state index in [4.69, 9.17) is 9.52 Å². The van der Waals surface area contributed by atoms with Gasteiger partial charge in [-0.3, -0.25) is 0 Å². The Kier molecular flexibility index (Phi) is 3.95. The van der Waals surface area contributed by atoms with Crippen molar-refractivity contribution in [2.75, 3.05) is 0 Å². The van der Waals surface area contributed by atoms with Crippen molar-refractivity contribution < 1.29 is 14.3 Å². The molecule has 0 spiro atoms. The summed E-state index contributed by atoms with van der Waals surface area (Å²) in [4.78, 5) is 11.0. The molecule has 3 nitrogen and oxygen atoms in total. The third-order valence-electron chi connectivity index (χ3n) is 2.63. The number of hydrogen-bond donors (Lipinski definition) is 1. The molecular weight excluding hydrogens is 192 g/mol. The number of carboxylic acid groups (broad SMARTS) is 1. The molecule has 0 bridgehead atoms. The van der Waals surface area contributed by atoms with E-state index in [-0.39, 0.29) is 5.92 Å². The maximum absolute atomic E-state index is 11.0. The normalized spacial score (nSPS) is 12.7. The van der Waals surface area contributed by atoms with E-state index in [2.05, 4.69) is 6.92 Å². The van der Waals surface area contributed by atoms with E-state index >= 15 is 0 Å². The number of aromatic carboxylic acids is 1. The molecule has 1 N–H and O–H groups in total. The predicted octanol–water partition coefficient (Wildman–Crippen LogP) is 3.44. The second-order valence-corrected chi connectivity index (χ2v) is 3.85. The van der Waals surface area contributed by atoms with E-state index in [1.54, 1.807) is 6.07 Å². The van der Waals surface area contributed by atoms with Crippen LogP contribution in [0.1, 0.15) is 61.4 Å². The summed E-state index contributed by atoms with van der Waals surface area (Å²) in [6.45, 7) is 6.12. The number of furan rings is 1. The fourth-order valence-corrected chi connectivity index (χ4v) is 1.49. The molecule has 0 saturated carbocycles. The van der Waals surface area contributed by atoms with Crippen LogP contribution in [0.15, 0.2) is 10.5 Å². The quantitative estimate of drug-likeness (QED) is 0.809. The Morgan fingerprint density at radius 2 is 2.20 bits per heavy atom. The van der Waals surface area contributed by atoms with E-state index in [1.165, 1.54) is 0 Å². The zero-order valence-electron chi connectivity index (χ0n) is 9.54. The highest BCUT2D eigenvalue weighted by Gasteiger charge is 2.18. The van der Waals surface area contributed by atoms with Gasteiger partial charge in [-0.1, -0.05) is 20.8 Å². The van der Waals surface area contributed by atoms with Crippen LogP contribution in [0.2, 0.25) is 0 Å². The first-order valence-electron chi connectivity index (χ1n) is 5.46. The molecule has 1 aromatic heterocycles. The van der Waals surface area contributed by atoms with Crippen molar-refractivity contribution in [3.8, 4) is 0 Å². The van der Waals surface area contributed by atoms with Crippen molar-refractivity contribution in [2.45, 2.75) is 46.0 Å². The summed E-state index contributed by atoms with van der Waals surface area (Å²) in [6.07, 6.45) is 2.55. The Labute approximate surface area is 90.1 Å². The first-order chi connectivity index (χ1) is 7.10. The molecule has 0 saturated heterocycles. The van der Waals surface area contributed by atoms with Gasteiger partial charge in [-0.25, -0.2) is 4.79 Å². The van der Waals surface area contributed by atoms with Crippen molar-refractivity contribution >= 4 is 5.97 Å². The molecule has 0 amide bonds. The van der Waals surface area contributed by atoms with Gasteiger partial charge in [-0.05, 0) is 18.9 Å². The molecule has 84 valence electrons. The number of hydrogen-bond acceptors (Lipinski definition) is 2. The maximum Gasteiger partial charge on any atom is 0.339 e. The van der Waals surface area contributed by atoms with Crippen LogP contribution in [0.5, 0.6) is 0 Å². The average Bonchev–Trinajstić information content (AvgIpc) is 2.61. The van der Waals surface area contributed by atoms with Gasteiger partial charge in [0.25, 0.3) is 0 Å². The van der Waals surface area contributed by atoms with Gasteiger partial charge in [0.2, 0.25) is 0 Å². The van der Waals surface area contributed by atoms with Crippen molar-refractivity contribution in [3.05, 3.63) is 23.2 Å². The number of rotatable bonds is 5. The highest BCUT2D eigenvalue weighted by Crippen LogP contribution is 2.25. The summed E-state index contributed by atoms with van der Waals surface area (Å²) >= 11 is 0. The largest absolute Gasteiger partial charge is 0.478 e. The second-order valence-electron chi connectivity index (χ2n) is 3.85. The topological polar surface area (TPSA) is 50.4 Å². The minimum absolute atomic E-state index is 0.286. The van der Waals surface area contributed by atoms with Crippen molar-refractivity contribution in [1.29, 1.82) is 0 Å². The minimum atomic E-state index is -0.892. The lowest BCUT2D eigenvalue weighted by Crippen LogP contribution is -1.98. The zero-order valence-corrected chi connectivity index (χ0v) is 9.54. The van der Waals surface area contributed by atoms with Gasteiger partial charge in [-0.2, -0.15) is 0 Å². The molecule has 0 fully saturated rings. The molecule has 0 aromatic carbocycles. The summed E-state index contributed by atoms with van der Waals surface area (Å²) in [5.74, 6) is 0.795. The summed E-state index contributed by atoms with van der Waals surface area (Å²) in [6, 6.07) is 1.67. The first-order valence-corrected chi connectivity index (χ1v) is 5.46. The minimum Gasteiger partial charge on any atom is -0.478 e. The molecule has 0 aliphatic carbocycles. The molecule has 1 unspecified atom stereocenters. The van der Waals surface area contributed by atoms with Crippen LogP contribution in [-0.2, 0) is 6.42 Å². The van der Waals surface area contributed by atoms with Crippen LogP contribution < -0.4 is 0 Å². The SMILES string of the molecule is CCCc1oc(C(C)CC)cc1C(=O)O. The zero-order chi connectivity index (χ0) is 11.4. The van der Waals surface area contributed by atoms with Gasteiger partial charge in [0, 0.05) is 12.3 Å². The van der Waals surface area contributed by atoms with Crippen molar-refractivity contribution in [2.24, 2.45) is 0 Å². The van der Waals surface area contributed by atoms with Gasteiger partial charge >= 0.3 is 5.97 Å². The Hall–Kier alpha value is -1.25. The van der Waals surface area contributed by atoms with E-state index < -0.39 is 5.97 Å². The molecule has 0 radical (unpaired) electrons. The summed E-state index contributed by atoms with van der Waals surface area (Å²) < 4.78 is 5.59. The van der Waals surface area contributed by atoms with Crippen LogP contribution in [0.25, 0.3) is 0 Å². The fourth-order valence-electron chi connectivity index (χ4n) is 1.49. The lowest BCUT2D eigenvalue weighted by atomic mass is 10.1. The van der Waals surface area contributed by atoms with Gasteiger partial charge < -0.3 is 9.52 Å². The number of aryl methyl sites for hydroxylation is 1. The van der Waals surface area contributed by atoms with Crippen molar-refractivity contribution in [1.82, 2.24) is 0 Å². The second kappa shape index (κ2) is 5.01. The summed E-state index contributed by atoms with van der Waals surface area (Å²) in [5.41, 5.74) is 0.326. The monoisotopic (exact) mass is 210 g/mol. The van der Waals surface area contributed by atoms with Gasteiger partial charge in [-0.15, -0.1) is 0 Å². The molecule has 15 heavy (non-hydrogen) atoms. The highest BCUT2D eigenvalue weighted by atomic mass is 16.4. The van der Waals surface area contributed by atoms with Crippen LogP contribution >= 0.6 is 0 Å². The Morgan fingerprint density at radius 3 is 2.67 bits per heavy atom. The Balaban J connectivity index is 3.03. The van der Waals surface area contributed by atoms with Gasteiger partial charge in [0.05, 0.1) is 0 Å². The number of carbonyl (C=O) groups is 1. The molecule has 0 aliphatic heterocycles. The predicted molar refractivity (Wildman–Crippen MR) is 58.4 cm³/mol. The lowest BCUT2D eigenvalue weighted by molar-refractivity contribution is 0.0694. The summed E-state index contributed by atoms with van der Waals surface area (Å²) in [7, 11) is 0. The van der Waals surface area contributed by atoms with Crippen LogP contribution in [0, 0.1) is 0 Å². The molecule has 1 heterocycles. The van der Waals surface area contributed by atoms with E-state index in [1.807, 2.05) is 13.8 Å². The summed E-state index contributed by atoms with van der Waals surface area (Å²) in [5, 5.41) is 9.00. The first kappa shape index (κ1) is 11.8. The van der Waals surface area contributed by atoms with Gasteiger partial charge in [0.15, 0.2) is 0 Å². The number of carboxylic acids is 1. The standard InChI is InChI=1S/C12H18O3/c1-4-6-10-9(12(13)14)7-11(15-10)8(3)5-2/h7-8H,4-6H2,1-3H3,(H,13,14). The third-order valence-corrected chi connectivity index (χ3v) is 2.63. The Bertz CT molecular complexity index is 339. The smallest absolute Gasteiger partial charge is 0.339 e. The molecular formula is C12H18O3. The molecule has 1 atom stereocenters. The maximum atomic E-state index is 11.0. The van der Waals surface area contributed by atoms with Crippen molar-refractivity contribution in [3.63, 3.8) is 0 Å². The average molecular weight is 210 g/mol. The molecule has 0 aliphatic rings. The molecule has 3 heteroatoms.